The van der Waals surface area contributed by atoms with Gasteiger partial charge in [0.05, 0.1) is 5.75 Å². The third kappa shape index (κ3) is 3.92. The quantitative estimate of drug-likeness (QED) is 0.722. The van der Waals surface area contributed by atoms with E-state index >= 15 is 0 Å². The first-order chi connectivity index (χ1) is 7.45. The Morgan fingerprint density at radius 3 is 2.81 bits per heavy atom. The predicted molar refractivity (Wildman–Crippen MR) is 62.9 cm³/mol. The number of halogens is 1. The summed E-state index contributed by atoms with van der Waals surface area (Å²) in [5, 5.41) is 2.73. The molecule has 1 atom stereocenters. The van der Waals surface area contributed by atoms with E-state index in [2.05, 4.69) is 5.32 Å². The molecule has 94 valence electrons. The summed E-state index contributed by atoms with van der Waals surface area (Å²) in [6, 6.07) is -0.0525. The summed E-state index contributed by atoms with van der Waals surface area (Å²) in [5.41, 5.74) is 0. The van der Waals surface area contributed by atoms with E-state index in [9.17, 15) is 13.2 Å². The molecule has 1 rings (SSSR count). The van der Waals surface area contributed by atoms with E-state index < -0.39 is 10.0 Å². The molecule has 1 aliphatic rings. The first kappa shape index (κ1) is 13.7. The van der Waals surface area contributed by atoms with Crippen molar-refractivity contribution < 1.29 is 13.2 Å². The lowest BCUT2D eigenvalue weighted by Gasteiger charge is -2.16. The Kier molecular flexibility index (Phi) is 5.01. The molecule has 1 fully saturated rings. The zero-order valence-electron chi connectivity index (χ0n) is 9.28. The number of nitrogens with zero attached hydrogens (tertiary/aromatic N) is 1. The fraction of sp³-hybridized carbons (Fsp3) is 0.889. The summed E-state index contributed by atoms with van der Waals surface area (Å²) in [5.74, 6) is 0.316. The minimum Gasteiger partial charge on any atom is -0.352 e. The molecule has 16 heavy (non-hydrogen) atoms. The zero-order chi connectivity index (χ0) is 12.2. The van der Waals surface area contributed by atoms with E-state index in [1.807, 2.05) is 0 Å². The third-order valence-corrected chi connectivity index (χ3v) is 4.68. The van der Waals surface area contributed by atoms with Gasteiger partial charge < -0.3 is 5.32 Å². The highest BCUT2D eigenvalue weighted by Crippen LogP contribution is 2.14. The van der Waals surface area contributed by atoms with Crippen LogP contribution in [0.25, 0.3) is 0 Å². The fourth-order valence-electron chi connectivity index (χ4n) is 1.75. The Labute approximate surface area is 101 Å². The molecular formula is C9H17ClN2O3S. The zero-order valence-corrected chi connectivity index (χ0v) is 10.9. The first-order valence-corrected chi connectivity index (χ1v) is 7.41. The average Bonchev–Trinajstić information content (AvgIpc) is 2.63. The number of alkyl halides is 1. The molecule has 0 aromatic rings. The van der Waals surface area contributed by atoms with Crippen LogP contribution in [-0.2, 0) is 14.8 Å². The summed E-state index contributed by atoms with van der Waals surface area (Å²) >= 11 is 5.47. The van der Waals surface area contributed by atoms with Crippen molar-refractivity contribution in [2.45, 2.75) is 25.8 Å². The maximum atomic E-state index is 11.8. The Morgan fingerprint density at radius 1 is 1.56 bits per heavy atom. The summed E-state index contributed by atoms with van der Waals surface area (Å²) < 4.78 is 25.0. The second-order valence-electron chi connectivity index (χ2n) is 3.90. The molecule has 0 radical (unpaired) electrons. The van der Waals surface area contributed by atoms with Gasteiger partial charge >= 0.3 is 0 Å². The van der Waals surface area contributed by atoms with Crippen LogP contribution in [0.4, 0.5) is 0 Å². The number of carbonyl (C=O) groups is 1. The number of sulfonamides is 1. The lowest BCUT2D eigenvalue weighted by Crippen LogP contribution is -2.38. The molecule has 1 heterocycles. The Bertz CT molecular complexity index is 345. The molecular weight excluding hydrogens is 252 g/mol. The number of hydrogen-bond donors (Lipinski definition) is 1. The van der Waals surface area contributed by atoms with Gasteiger partial charge in [-0.2, -0.15) is 4.31 Å². The number of rotatable bonds is 5. The summed E-state index contributed by atoms with van der Waals surface area (Å²) in [7, 11) is -3.19. The summed E-state index contributed by atoms with van der Waals surface area (Å²) in [4.78, 5) is 10.8. The van der Waals surface area contributed by atoms with E-state index in [-0.39, 0.29) is 17.7 Å². The Morgan fingerprint density at radius 2 is 2.25 bits per heavy atom. The van der Waals surface area contributed by atoms with E-state index in [1.165, 1.54) is 11.2 Å². The fourth-order valence-corrected chi connectivity index (χ4v) is 3.60. The predicted octanol–water partition coefficient (Wildman–Crippen LogP) is 0.156. The Balaban J connectivity index is 2.48. The molecule has 0 aliphatic carbocycles. The van der Waals surface area contributed by atoms with E-state index in [1.54, 1.807) is 0 Å². The van der Waals surface area contributed by atoms with Crippen molar-refractivity contribution in [3.05, 3.63) is 0 Å². The van der Waals surface area contributed by atoms with Crippen LogP contribution >= 0.6 is 11.6 Å². The van der Waals surface area contributed by atoms with Crippen LogP contribution < -0.4 is 5.32 Å². The smallest absolute Gasteiger partial charge is 0.217 e. The standard InChI is InChI=1S/C9H17ClN2O3S/c1-8(13)11-9-3-5-12(7-9)16(14,15)6-2-4-10/h9H,2-7H2,1H3,(H,11,13). The monoisotopic (exact) mass is 268 g/mol. The van der Waals surface area contributed by atoms with Gasteiger partial charge in [0.1, 0.15) is 0 Å². The van der Waals surface area contributed by atoms with Crippen molar-refractivity contribution in [3.63, 3.8) is 0 Å². The van der Waals surface area contributed by atoms with Crippen molar-refractivity contribution >= 4 is 27.5 Å². The maximum absolute atomic E-state index is 11.8. The van der Waals surface area contributed by atoms with Gasteiger partial charge in [-0.05, 0) is 12.8 Å². The minimum atomic E-state index is -3.19. The molecule has 5 nitrogen and oxygen atoms in total. The highest BCUT2D eigenvalue weighted by atomic mass is 35.5. The van der Waals surface area contributed by atoms with Gasteiger partial charge in [0.2, 0.25) is 15.9 Å². The molecule has 1 N–H and O–H groups in total. The van der Waals surface area contributed by atoms with Crippen molar-refractivity contribution in [1.29, 1.82) is 0 Å². The second-order valence-corrected chi connectivity index (χ2v) is 6.37. The molecule has 0 aromatic carbocycles. The summed E-state index contributed by atoms with van der Waals surface area (Å²) in [6.07, 6.45) is 1.14. The van der Waals surface area contributed by atoms with Gasteiger partial charge in [-0.1, -0.05) is 0 Å². The maximum Gasteiger partial charge on any atom is 0.217 e. The van der Waals surface area contributed by atoms with Gasteiger partial charge in [-0.25, -0.2) is 8.42 Å². The van der Waals surface area contributed by atoms with E-state index in [0.29, 0.717) is 31.8 Å². The lowest BCUT2D eigenvalue weighted by molar-refractivity contribution is -0.119. The van der Waals surface area contributed by atoms with Gasteiger partial charge in [0, 0.05) is 31.9 Å². The first-order valence-electron chi connectivity index (χ1n) is 5.26. The Hall–Kier alpha value is -0.330. The molecule has 0 spiro atoms. The van der Waals surface area contributed by atoms with Crippen LogP contribution in [0.1, 0.15) is 19.8 Å². The van der Waals surface area contributed by atoms with Crippen molar-refractivity contribution in [1.82, 2.24) is 9.62 Å². The van der Waals surface area contributed by atoms with Gasteiger partial charge in [0.25, 0.3) is 0 Å². The molecule has 0 saturated carbocycles. The average molecular weight is 269 g/mol. The van der Waals surface area contributed by atoms with Crippen LogP contribution in [0, 0.1) is 0 Å². The third-order valence-electron chi connectivity index (χ3n) is 2.49. The van der Waals surface area contributed by atoms with Crippen LogP contribution in [0.2, 0.25) is 0 Å². The highest BCUT2D eigenvalue weighted by molar-refractivity contribution is 7.89. The van der Waals surface area contributed by atoms with E-state index in [4.69, 9.17) is 11.6 Å². The lowest BCUT2D eigenvalue weighted by atomic mass is 10.3. The molecule has 1 saturated heterocycles. The highest BCUT2D eigenvalue weighted by Gasteiger charge is 2.31. The van der Waals surface area contributed by atoms with Crippen LogP contribution in [0.15, 0.2) is 0 Å². The van der Waals surface area contributed by atoms with Crippen LogP contribution in [0.3, 0.4) is 0 Å². The van der Waals surface area contributed by atoms with Gasteiger partial charge in [-0.3, -0.25) is 4.79 Å². The SMILES string of the molecule is CC(=O)NC1CCN(S(=O)(=O)CCCCl)C1. The number of amides is 1. The number of carbonyl (C=O) groups excluding carboxylic acids is 1. The summed E-state index contributed by atoms with van der Waals surface area (Å²) in [6.45, 7) is 2.30. The van der Waals surface area contributed by atoms with Crippen molar-refractivity contribution in [3.8, 4) is 0 Å². The largest absolute Gasteiger partial charge is 0.352 e. The molecule has 0 aromatic heterocycles. The minimum absolute atomic E-state index is 0.0525. The normalized spacial score (nSPS) is 22.2. The van der Waals surface area contributed by atoms with Gasteiger partial charge in [0.15, 0.2) is 0 Å². The topological polar surface area (TPSA) is 66.5 Å². The number of nitrogens with one attached hydrogen (secondary N) is 1. The van der Waals surface area contributed by atoms with E-state index in [0.717, 1.165) is 0 Å². The molecule has 7 heteroatoms. The second kappa shape index (κ2) is 5.84. The number of hydrogen-bond acceptors (Lipinski definition) is 3. The van der Waals surface area contributed by atoms with Crippen molar-refractivity contribution in [2.75, 3.05) is 24.7 Å². The van der Waals surface area contributed by atoms with Crippen LogP contribution in [0.5, 0.6) is 0 Å². The van der Waals surface area contributed by atoms with Gasteiger partial charge in [-0.15, -0.1) is 11.6 Å². The molecule has 1 amide bonds. The molecule has 1 aliphatic heterocycles. The molecule has 1 unspecified atom stereocenters. The van der Waals surface area contributed by atoms with Crippen LogP contribution in [-0.4, -0.2) is 49.4 Å². The van der Waals surface area contributed by atoms with Crippen molar-refractivity contribution in [2.24, 2.45) is 0 Å². The molecule has 0 bridgehead atoms.